The number of hydrogen-bond acceptors (Lipinski definition) is 3. The van der Waals surface area contributed by atoms with Gasteiger partial charge in [-0.05, 0) is 19.1 Å². The SMILES string of the molecule is Cc1ccc(C2(C)CNCC2C(N)=O)o1. The Morgan fingerprint density at radius 3 is 2.93 bits per heavy atom. The summed E-state index contributed by atoms with van der Waals surface area (Å²) in [6.45, 7) is 5.27. The fourth-order valence-corrected chi connectivity index (χ4v) is 2.24. The van der Waals surface area contributed by atoms with Crippen LogP contribution in [-0.2, 0) is 10.2 Å². The predicted octanol–water partition coefficient (Wildman–Crippen LogP) is 0.550. The molecule has 2 unspecified atom stereocenters. The lowest BCUT2D eigenvalue weighted by atomic mass is 9.77. The van der Waals surface area contributed by atoms with Crippen LogP contribution >= 0.6 is 0 Å². The summed E-state index contributed by atoms with van der Waals surface area (Å²) in [6, 6.07) is 3.84. The van der Waals surface area contributed by atoms with Gasteiger partial charge in [0, 0.05) is 13.1 Å². The second-order valence-electron chi connectivity index (χ2n) is 4.41. The lowest BCUT2D eigenvalue weighted by Gasteiger charge is -2.25. The molecule has 0 bridgehead atoms. The summed E-state index contributed by atoms with van der Waals surface area (Å²) in [4.78, 5) is 11.3. The van der Waals surface area contributed by atoms with Gasteiger partial charge in [-0.25, -0.2) is 0 Å². The minimum Gasteiger partial charge on any atom is -0.466 e. The van der Waals surface area contributed by atoms with Gasteiger partial charge in [0.1, 0.15) is 11.5 Å². The molecule has 0 aliphatic carbocycles. The van der Waals surface area contributed by atoms with Gasteiger partial charge >= 0.3 is 0 Å². The molecular weight excluding hydrogens is 192 g/mol. The Bertz CT molecular complexity index is 386. The number of amides is 1. The van der Waals surface area contributed by atoms with E-state index in [4.69, 9.17) is 10.2 Å². The van der Waals surface area contributed by atoms with Gasteiger partial charge in [0.25, 0.3) is 0 Å². The summed E-state index contributed by atoms with van der Waals surface area (Å²) in [5.41, 5.74) is 5.09. The van der Waals surface area contributed by atoms with Crippen molar-refractivity contribution in [1.29, 1.82) is 0 Å². The number of carbonyl (C=O) groups excluding carboxylic acids is 1. The van der Waals surface area contributed by atoms with E-state index in [1.807, 2.05) is 26.0 Å². The second-order valence-corrected chi connectivity index (χ2v) is 4.41. The van der Waals surface area contributed by atoms with Crippen LogP contribution in [0.3, 0.4) is 0 Å². The molecule has 2 rings (SSSR count). The maximum Gasteiger partial charge on any atom is 0.222 e. The normalized spacial score (nSPS) is 30.7. The van der Waals surface area contributed by atoms with Crippen molar-refractivity contribution in [3.8, 4) is 0 Å². The zero-order valence-electron chi connectivity index (χ0n) is 9.04. The van der Waals surface area contributed by atoms with Crippen LogP contribution < -0.4 is 11.1 Å². The molecule has 1 aliphatic rings. The smallest absolute Gasteiger partial charge is 0.222 e. The molecule has 1 aromatic rings. The van der Waals surface area contributed by atoms with E-state index in [1.54, 1.807) is 0 Å². The Morgan fingerprint density at radius 1 is 1.67 bits per heavy atom. The van der Waals surface area contributed by atoms with Crippen LogP contribution in [0.1, 0.15) is 18.4 Å². The molecular formula is C11H16N2O2. The van der Waals surface area contributed by atoms with Gasteiger partial charge in [0.05, 0.1) is 11.3 Å². The first-order chi connectivity index (χ1) is 7.04. The number of furan rings is 1. The molecule has 2 atom stereocenters. The monoisotopic (exact) mass is 208 g/mol. The van der Waals surface area contributed by atoms with Gasteiger partial charge < -0.3 is 15.5 Å². The van der Waals surface area contributed by atoms with E-state index in [0.717, 1.165) is 18.1 Å². The molecule has 15 heavy (non-hydrogen) atoms. The van der Waals surface area contributed by atoms with Crippen molar-refractivity contribution in [3.05, 3.63) is 23.7 Å². The quantitative estimate of drug-likeness (QED) is 0.745. The van der Waals surface area contributed by atoms with Crippen LogP contribution in [0.25, 0.3) is 0 Å². The number of rotatable bonds is 2. The van der Waals surface area contributed by atoms with Crippen molar-refractivity contribution in [3.63, 3.8) is 0 Å². The molecule has 3 N–H and O–H groups in total. The number of nitrogens with one attached hydrogen (secondary N) is 1. The summed E-state index contributed by atoms with van der Waals surface area (Å²) < 4.78 is 5.60. The number of carbonyl (C=O) groups is 1. The van der Waals surface area contributed by atoms with E-state index in [0.29, 0.717) is 6.54 Å². The summed E-state index contributed by atoms with van der Waals surface area (Å²) in [7, 11) is 0. The fraction of sp³-hybridized carbons (Fsp3) is 0.545. The van der Waals surface area contributed by atoms with Gasteiger partial charge in [-0.3, -0.25) is 4.79 Å². The van der Waals surface area contributed by atoms with Crippen molar-refractivity contribution < 1.29 is 9.21 Å². The minimum atomic E-state index is -0.305. The van der Waals surface area contributed by atoms with Gasteiger partial charge in [-0.1, -0.05) is 6.92 Å². The molecule has 0 radical (unpaired) electrons. The molecule has 0 spiro atoms. The van der Waals surface area contributed by atoms with Crippen molar-refractivity contribution >= 4 is 5.91 Å². The van der Waals surface area contributed by atoms with Gasteiger partial charge in [-0.2, -0.15) is 0 Å². The molecule has 2 heterocycles. The summed E-state index contributed by atoms with van der Waals surface area (Å²) in [5.74, 6) is 1.25. The van der Waals surface area contributed by atoms with Crippen molar-refractivity contribution in [2.24, 2.45) is 11.7 Å². The van der Waals surface area contributed by atoms with E-state index < -0.39 is 0 Å². The van der Waals surface area contributed by atoms with E-state index in [2.05, 4.69) is 5.32 Å². The van der Waals surface area contributed by atoms with Crippen LogP contribution in [0.2, 0.25) is 0 Å². The van der Waals surface area contributed by atoms with Crippen molar-refractivity contribution in [1.82, 2.24) is 5.32 Å². The average Bonchev–Trinajstić information content (AvgIpc) is 2.72. The van der Waals surface area contributed by atoms with E-state index in [-0.39, 0.29) is 17.2 Å². The third-order valence-electron chi connectivity index (χ3n) is 3.26. The lowest BCUT2D eigenvalue weighted by Crippen LogP contribution is -2.39. The Kier molecular flexibility index (Phi) is 2.31. The number of primary amides is 1. The molecule has 1 aromatic heterocycles. The first-order valence-electron chi connectivity index (χ1n) is 5.11. The second kappa shape index (κ2) is 3.38. The first kappa shape index (κ1) is 10.2. The third kappa shape index (κ3) is 1.55. The fourth-order valence-electron chi connectivity index (χ4n) is 2.24. The summed E-state index contributed by atoms with van der Waals surface area (Å²) in [5, 5.41) is 3.19. The van der Waals surface area contributed by atoms with Crippen LogP contribution in [0.15, 0.2) is 16.5 Å². The van der Waals surface area contributed by atoms with Crippen molar-refractivity contribution in [2.45, 2.75) is 19.3 Å². The molecule has 1 saturated heterocycles. The number of aryl methyl sites for hydroxylation is 1. The molecule has 82 valence electrons. The number of nitrogens with two attached hydrogens (primary N) is 1. The highest BCUT2D eigenvalue weighted by Crippen LogP contribution is 2.35. The maximum absolute atomic E-state index is 11.3. The topological polar surface area (TPSA) is 68.3 Å². The standard InChI is InChI=1S/C11H16N2O2/c1-7-3-4-9(15-7)11(2)6-13-5-8(11)10(12)14/h3-4,8,13H,5-6H2,1-2H3,(H2,12,14). The van der Waals surface area contributed by atoms with Gasteiger partial charge in [0.2, 0.25) is 5.91 Å². The van der Waals surface area contributed by atoms with Crippen LogP contribution in [0.4, 0.5) is 0 Å². The van der Waals surface area contributed by atoms with E-state index in [1.165, 1.54) is 0 Å². The molecule has 1 fully saturated rings. The predicted molar refractivity (Wildman–Crippen MR) is 56.4 cm³/mol. The molecule has 4 heteroatoms. The summed E-state index contributed by atoms with van der Waals surface area (Å²) >= 11 is 0. The van der Waals surface area contributed by atoms with E-state index in [9.17, 15) is 4.79 Å². The third-order valence-corrected chi connectivity index (χ3v) is 3.26. The highest BCUT2D eigenvalue weighted by molar-refractivity contribution is 5.79. The Hall–Kier alpha value is -1.29. The highest BCUT2D eigenvalue weighted by Gasteiger charge is 2.45. The van der Waals surface area contributed by atoms with Crippen LogP contribution in [0, 0.1) is 12.8 Å². The molecule has 1 aliphatic heterocycles. The Morgan fingerprint density at radius 2 is 2.40 bits per heavy atom. The van der Waals surface area contributed by atoms with Crippen molar-refractivity contribution in [2.75, 3.05) is 13.1 Å². The number of hydrogen-bond donors (Lipinski definition) is 2. The maximum atomic E-state index is 11.3. The largest absolute Gasteiger partial charge is 0.466 e. The summed E-state index contributed by atoms with van der Waals surface area (Å²) in [6.07, 6.45) is 0. The molecule has 1 amide bonds. The lowest BCUT2D eigenvalue weighted by molar-refractivity contribution is -0.122. The molecule has 0 aromatic carbocycles. The minimum absolute atomic E-state index is 0.192. The zero-order chi connectivity index (χ0) is 11.1. The first-order valence-corrected chi connectivity index (χ1v) is 5.11. The molecule has 0 saturated carbocycles. The highest BCUT2D eigenvalue weighted by atomic mass is 16.3. The Labute approximate surface area is 88.8 Å². The zero-order valence-corrected chi connectivity index (χ0v) is 9.04. The van der Waals surface area contributed by atoms with Crippen LogP contribution in [0.5, 0.6) is 0 Å². The van der Waals surface area contributed by atoms with Gasteiger partial charge in [0.15, 0.2) is 0 Å². The van der Waals surface area contributed by atoms with Crippen LogP contribution in [-0.4, -0.2) is 19.0 Å². The van der Waals surface area contributed by atoms with E-state index >= 15 is 0 Å². The molecule has 4 nitrogen and oxygen atoms in total. The average molecular weight is 208 g/mol. The Balaban J connectivity index is 2.36. The van der Waals surface area contributed by atoms with Gasteiger partial charge in [-0.15, -0.1) is 0 Å².